The predicted octanol–water partition coefficient (Wildman–Crippen LogP) is 12.2. The summed E-state index contributed by atoms with van der Waals surface area (Å²) in [4.78, 5) is 0. The lowest BCUT2D eigenvalue weighted by Crippen LogP contribution is -2.32. The van der Waals surface area contributed by atoms with Gasteiger partial charge in [-0.2, -0.15) is 52.7 Å². The molecule has 0 bridgehead atoms. The molecule has 1 fully saturated rings. The molecule has 0 amide bonds. The molecular weight excluding hydrogens is 794 g/mol. The number of hydrogen-bond donors (Lipinski definition) is 0. The molecule has 14 heteroatoms. The summed E-state index contributed by atoms with van der Waals surface area (Å²) in [5.41, 5.74) is -5.90. The van der Waals surface area contributed by atoms with Crippen molar-refractivity contribution < 1.29 is 52.7 Å². The first-order valence-electron chi connectivity index (χ1n) is 17.5. The van der Waals surface area contributed by atoms with Crippen molar-refractivity contribution in [3.63, 3.8) is 0 Å². The largest absolute Gasteiger partial charge is 0.416 e. The van der Waals surface area contributed by atoms with E-state index in [9.17, 15) is 52.7 Å². The van der Waals surface area contributed by atoms with Crippen LogP contribution in [-0.2, 0) is 24.7 Å². The Labute approximate surface area is 318 Å². The Balaban J connectivity index is 1.57. The van der Waals surface area contributed by atoms with Crippen molar-refractivity contribution in [1.29, 1.82) is 0 Å². The first-order valence-corrected chi connectivity index (χ1v) is 20.3. The fourth-order valence-corrected chi connectivity index (χ4v) is 13.4. The van der Waals surface area contributed by atoms with Crippen LogP contribution in [0, 0.1) is 12.8 Å². The summed E-state index contributed by atoms with van der Waals surface area (Å²) < 4.78 is 170. The van der Waals surface area contributed by atoms with Gasteiger partial charge in [-0.05, 0) is 122 Å². The van der Waals surface area contributed by atoms with Crippen LogP contribution in [-0.4, -0.2) is 5.66 Å². The molecule has 1 saturated carbocycles. The number of rotatable bonds is 8. The van der Waals surface area contributed by atoms with E-state index in [0.717, 1.165) is 27.0 Å². The Morgan fingerprint density at radius 2 is 0.964 bits per heavy atom. The minimum absolute atomic E-state index is 0.0965. The Morgan fingerprint density at radius 3 is 1.45 bits per heavy atom. The fourth-order valence-electron chi connectivity index (χ4n) is 7.69. The zero-order valence-electron chi connectivity index (χ0n) is 29.8. The van der Waals surface area contributed by atoms with Crippen LogP contribution in [0.2, 0.25) is 0 Å². The van der Waals surface area contributed by atoms with Gasteiger partial charge in [-0.3, -0.25) is 0 Å². The van der Waals surface area contributed by atoms with Gasteiger partial charge < -0.3 is 0 Å². The number of aryl methyl sites for hydroxylation is 1. The molecule has 0 aromatic heterocycles. The van der Waals surface area contributed by atoms with E-state index in [1.165, 1.54) is 6.92 Å². The fraction of sp³-hybridized carbons (Fsp3) is 0.286. The van der Waals surface area contributed by atoms with Crippen LogP contribution >= 0.6 is 15.8 Å². The normalized spacial score (nSPS) is 18.0. The molecule has 0 aliphatic heterocycles. The van der Waals surface area contributed by atoms with Crippen molar-refractivity contribution in [3.05, 3.63) is 149 Å². The van der Waals surface area contributed by atoms with E-state index < -0.39 is 85.0 Å². The molecular formula is C42H34F12P2. The second-order valence-corrected chi connectivity index (χ2v) is 18.7. The number of halogens is 12. The third-order valence-corrected chi connectivity index (χ3v) is 15.5. The Morgan fingerprint density at radius 1 is 0.500 bits per heavy atom. The summed E-state index contributed by atoms with van der Waals surface area (Å²) in [5, 5.41) is 1.75. The van der Waals surface area contributed by atoms with Gasteiger partial charge in [0, 0.05) is 0 Å². The molecule has 1 aliphatic rings. The van der Waals surface area contributed by atoms with Crippen LogP contribution in [0.4, 0.5) is 52.7 Å². The summed E-state index contributed by atoms with van der Waals surface area (Å²) in [7, 11) is -3.91. The van der Waals surface area contributed by atoms with E-state index in [1.54, 1.807) is 0 Å². The first kappa shape index (κ1) is 41.7. The van der Waals surface area contributed by atoms with Gasteiger partial charge in [0.1, 0.15) is 0 Å². The monoisotopic (exact) mass is 828 g/mol. The zero-order valence-corrected chi connectivity index (χ0v) is 31.5. The van der Waals surface area contributed by atoms with Crippen LogP contribution in [0.1, 0.15) is 65.5 Å². The van der Waals surface area contributed by atoms with Gasteiger partial charge in [-0.1, -0.05) is 97.8 Å². The minimum atomic E-state index is -5.30. The molecule has 56 heavy (non-hydrogen) atoms. The molecule has 0 spiro atoms. The second kappa shape index (κ2) is 15.8. The SMILES string of the molecule is Cc1cccc(P(c2ccccc2)c2ccccc2C2CCCC2[C@@H](C)P(c2cc(C(F)(F)F)cc(C(F)(F)F)c2)c2cc(C(F)(F)F)cc(C(F)(F)F)c2)c1. The van der Waals surface area contributed by atoms with Crippen LogP contribution < -0.4 is 26.5 Å². The molecule has 0 heterocycles. The van der Waals surface area contributed by atoms with Crippen LogP contribution in [0.5, 0.6) is 0 Å². The molecule has 1 aliphatic carbocycles. The van der Waals surface area contributed by atoms with Crippen LogP contribution in [0.15, 0.2) is 115 Å². The van der Waals surface area contributed by atoms with E-state index in [0.29, 0.717) is 43.5 Å². The highest BCUT2D eigenvalue weighted by atomic mass is 31.1. The smallest absolute Gasteiger partial charge is 0.166 e. The highest BCUT2D eigenvalue weighted by Gasteiger charge is 2.44. The lowest BCUT2D eigenvalue weighted by Gasteiger charge is -2.36. The molecule has 5 aromatic rings. The maximum absolute atomic E-state index is 14.2. The first-order chi connectivity index (χ1) is 26.1. The molecule has 0 N–H and O–H groups in total. The van der Waals surface area contributed by atoms with E-state index in [1.807, 2.05) is 79.7 Å². The highest BCUT2D eigenvalue weighted by molar-refractivity contribution is 7.80. The van der Waals surface area contributed by atoms with Crippen molar-refractivity contribution in [3.8, 4) is 0 Å². The lowest BCUT2D eigenvalue weighted by atomic mass is 9.87. The van der Waals surface area contributed by atoms with Crippen molar-refractivity contribution in [2.75, 3.05) is 0 Å². The van der Waals surface area contributed by atoms with Gasteiger partial charge in [-0.25, -0.2) is 0 Å². The molecule has 296 valence electrons. The molecule has 5 aromatic carbocycles. The number of alkyl halides is 12. The molecule has 6 rings (SSSR count). The van der Waals surface area contributed by atoms with E-state index in [2.05, 4.69) is 6.07 Å². The maximum Gasteiger partial charge on any atom is 0.416 e. The van der Waals surface area contributed by atoms with Crippen molar-refractivity contribution in [2.45, 2.75) is 69.4 Å². The summed E-state index contributed by atoms with van der Waals surface area (Å²) in [6, 6.07) is 26.8. The molecule has 0 radical (unpaired) electrons. The van der Waals surface area contributed by atoms with Gasteiger partial charge in [0.15, 0.2) is 0 Å². The lowest BCUT2D eigenvalue weighted by molar-refractivity contribution is -0.144. The van der Waals surface area contributed by atoms with E-state index in [4.69, 9.17) is 0 Å². The minimum Gasteiger partial charge on any atom is -0.166 e. The zero-order chi connectivity index (χ0) is 40.8. The predicted molar refractivity (Wildman–Crippen MR) is 199 cm³/mol. The van der Waals surface area contributed by atoms with Crippen molar-refractivity contribution in [2.24, 2.45) is 5.92 Å². The Hall–Kier alpha value is -3.88. The molecule has 4 atom stereocenters. The standard InChI is InChI=1S/C42H34F12P2/c1-25-10-8-13-32(18-25)56(31-11-4-3-5-12-31)38-17-7-6-14-37(38)36-16-9-15-35(36)26(2)55(33-21-27(39(43,44)45)19-28(22-33)40(46,47)48)34-23-29(41(49,50)51)20-30(24-34)42(52,53)54/h3-8,10-14,17-24,26,35-36H,9,15-16H2,1-2H3/t26-,35?,36?,56?/m1/s1. The maximum atomic E-state index is 14.2. The van der Waals surface area contributed by atoms with Gasteiger partial charge in [0.2, 0.25) is 0 Å². The van der Waals surface area contributed by atoms with Crippen LogP contribution in [0.25, 0.3) is 0 Å². The average Bonchev–Trinajstić information content (AvgIpc) is 3.61. The van der Waals surface area contributed by atoms with Gasteiger partial charge >= 0.3 is 24.7 Å². The number of benzene rings is 5. The van der Waals surface area contributed by atoms with Crippen molar-refractivity contribution >= 4 is 42.4 Å². The van der Waals surface area contributed by atoms with Crippen molar-refractivity contribution in [1.82, 2.24) is 0 Å². The molecule has 0 nitrogen and oxygen atoms in total. The van der Waals surface area contributed by atoms with Gasteiger partial charge in [0.05, 0.1) is 22.3 Å². The Kier molecular flexibility index (Phi) is 11.8. The highest BCUT2D eigenvalue weighted by Crippen LogP contribution is 2.55. The second-order valence-electron chi connectivity index (χ2n) is 13.9. The topological polar surface area (TPSA) is 0 Å². The quantitative estimate of drug-likeness (QED) is 0.108. The van der Waals surface area contributed by atoms with E-state index in [-0.39, 0.29) is 18.1 Å². The summed E-state index contributed by atoms with van der Waals surface area (Å²) in [5.74, 6) is -0.911. The third-order valence-electron chi connectivity index (χ3n) is 10.1. The molecule has 3 unspecified atom stereocenters. The summed E-state index contributed by atoms with van der Waals surface area (Å²) in [6.45, 7) is 3.49. The Bertz CT molecular complexity index is 2010. The summed E-state index contributed by atoms with van der Waals surface area (Å²) >= 11 is 0. The number of hydrogen-bond acceptors (Lipinski definition) is 0. The molecule has 0 saturated heterocycles. The average molecular weight is 829 g/mol. The summed E-state index contributed by atoms with van der Waals surface area (Å²) in [6.07, 6.45) is -19.7. The van der Waals surface area contributed by atoms with E-state index >= 15 is 0 Å². The van der Waals surface area contributed by atoms with Gasteiger partial charge in [0.25, 0.3) is 0 Å². The van der Waals surface area contributed by atoms with Gasteiger partial charge in [-0.15, -0.1) is 0 Å². The van der Waals surface area contributed by atoms with Crippen LogP contribution in [0.3, 0.4) is 0 Å². The third kappa shape index (κ3) is 9.12.